The minimum absolute atomic E-state index is 0.00552. The molecule has 0 aliphatic carbocycles. The van der Waals surface area contributed by atoms with Crippen molar-refractivity contribution >= 4 is 33.2 Å². The van der Waals surface area contributed by atoms with Gasteiger partial charge >= 0.3 is 0 Å². The van der Waals surface area contributed by atoms with Gasteiger partial charge in [0.05, 0.1) is 17.4 Å². The predicted molar refractivity (Wildman–Crippen MR) is 93.7 cm³/mol. The van der Waals surface area contributed by atoms with Crippen LogP contribution in [0.3, 0.4) is 0 Å². The Hall–Kier alpha value is -2.85. The number of carbonyl (C=O) groups is 2. The fraction of sp³-hybridized carbons (Fsp3) is 0.176. The van der Waals surface area contributed by atoms with E-state index in [4.69, 9.17) is 0 Å². The van der Waals surface area contributed by atoms with Crippen molar-refractivity contribution in [2.75, 3.05) is 17.2 Å². The summed E-state index contributed by atoms with van der Waals surface area (Å²) in [7, 11) is -4.01. The number of halogens is 2. The van der Waals surface area contributed by atoms with E-state index in [2.05, 4.69) is 15.4 Å². The number of anilines is 2. The van der Waals surface area contributed by atoms with Crippen molar-refractivity contribution in [3.8, 4) is 0 Å². The summed E-state index contributed by atoms with van der Waals surface area (Å²) in [4.78, 5) is 23.4. The fourth-order valence-electron chi connectivity index (χ4n) is 2.59. The summed E-state index contributed by atoms with van der Waals surface area (Å²) in [5.74, 6) is -3.66. The lowest BCUT2D eigenvalue weighted by atomic mass is 10.0. The van der Waals surface area contributed by atoms with Crippen molar-refractivity contribution in [2.45, 2.75) is 17.7 Å². The number of carbonyl (C=O) groups excluding carboxylic acids is 2. The SMILES string of the molecule is C[C@H]1C(=O)Nc2ccc(S(=O)(=O)NCC(=O)Nc3ccc(F)c(F)c3)cc21. The van der Waals surface area contributed by atoms with Crippen LogP contribution in [0, 0.1) is 11.6 Å². The molecule has 3 rings (SSSR count). The van der Waals surface area contributed by atoms with E-state index in [1.54, 1.807) is 6.92 Å². The summed E-state index contributed by atoms with van der Waals surface area (Å²) in [6.07, 6.45) is 0. The predicted octanol–water partition coefficient (Wildman–Crippen LogP) is 1.94. The highest BCUT2D eigenvalue weighted by molar-refractivity contribution is 7.89. The average Bonchev–Trinajstić information content (AvgIpc) is 2.90. The number of nitrogens with one attached hydrogen (secondary N) is 3. The smallest absolute Gasteiger partial charge is 0.241 e. The molecule has 0 aromatic heterocycles. The summed E-state index contributed by atoms with van der Waals surface area (Å²) >= 11 is 0. The van der Waals surface area contributed by atoms with Gasteiger partial charge in [0, 0.05) is 17.4 Å². The Kier molecular flexibility index (Phi) is 4.94. The highest BCUT2D eigenvalue weighted by atomic mass is 32.2. The fourth-order valence-corrected chi connectivity index (χ4v) is 3.60. The van der Waals surface area contributed by atoms with Crippen LogP contribution in [0.5, 0.6) is 0 Å². The first-order valence-corrected chi connectivity index (χ1v) is 9.35. The molecule has 0 spiro atoms. The molecule has 0 bridgehead atoms. The van der Waals surface area contributed by atoms with Gasteiger partial charge in [-0.1, -0.05) is 0 Å². The molecule has 3 N–H and O–H groups in total. The lowest BCUT2D eigenvalue weighted by Gasteiger charge is -2.10. The van der Waals surface area contributed by atoms with Gasteiger partial charge in [-0.2, -0.15) is 0 Å². The Morgan fingerprint density at radius 1 is 1.15 bits per heavy atom. The lowest BCUT2D eigenvalue weighted by Crippen LogP contribution is -2.33. The van der Waals surface area contributed by atoms with Gasteiger partial charge in [-0.05, 0) is 42.8 Å². The van der Waals surface area contributed by atoms with E-state index in [1.807, 2.05) is 0 Å². The standard InChI is InChI=1S/C17H15F2N3O4S/c1-9-12-7-11(3-5-15(12)22-17(9)24)27(25,26)20-8-16(23)21-10-2-4-13(18)14(19)6-10/h2-7,9,20H,8H2,1H3,(H,21,23)(H,22,24)/t9-/m1/s1. The van der Waals surface area contributed by atoms with Crippen LogP contribution >= 0.6 is 0 Å². The van der Waals surface area contributed by atoms with E-state index >= 15 is 0 Å². The van der Waals surface area contributed by atoms with E-state index in [9.17, 15) is 26.8 Å². The number of hydrogen-bond acceptors (Lipinski definition) is 4. The van der Waals surface area contributed by atoms with E-state index in [0.717, 1.165) is 18.2 Å². The summed E-state index contributed by atoms with van der Waals surface area (Å²) < 4.78 is 52.9. The Bertz CT molecular complexity index is 1040. The first kappa shape index (κ1) is 18.9. The Balaban J connectivity index is 1.67. The van der Waals surface area contributed by atoms with Crippen molar-refractivity contribution in [1.82, 2.24) is 4.72 Å². The van der Waals surface area contributed by atoms with E-state index < -0.39 is 40.0 Å². The third kappa shape index (κ3) is 3.96. The largest absolute Gasteiger partial charge is 0.325 e. The topological polar surface area (TPSA) is 104 Å². The maximum Gasteiger partial charge on any atom is 0.241 e. The third-order valence-electron chi connectivity index (χ3n) is 4.08. The second-order valence-electron chi connectivity index (χ2n) is 5.96. The van der Waals surface area contributed by atoms with E-state index in [1.165, 1.54) is 18.2 Å². The number of sulfonamides is 1. The maximum absolute atomic E-state index is 13.1. The average molecular weight is 395 g/mol. The first-order valence-electron chi connectivity index (χ1n) is 7.87. The molecular formula is C17H15F2N3O4S. The zero-order valence-corrected chi connectivity index (χ0v) is 14.9. The second-order valence-corrected chi connectivity index (χ2v) is 7.73. The van der Waals surface area contributed by atoms with Gasteiger partial charge in [-0.25, -0.2) is 21.9 Å². The van der Waals surface area contributed by atoms with Gasteiger partial charge in [0.15, 0.2) is 11.6 Å². The molecule has 1 heterocycles. The van der Waals surface area contributed by atoms with Crippen LogP contribution in [0.1, 0.15) is 18.4 Å². The molecule has 0 radical (unpaired) electrons. The van der Waals surface area contributed by atoms with Crippen LogP contribution < -0.4 is 15.4 Å². The highest BCUT2D eigenvalue weighted by Crippen LogP contribution is 2.33. The van der Waals surface area contributed by atoms with Crippen LogP contribution in [0.4, 0.5) is 20.2 Å². The van der Waals surface area contributed by atoms with Crippen LogP contribution in [-0.4, -0.2) is 26.8 Å². The van der Waals surface area contributed by atoms with Crippen LogP contribution in [0.2, 0.25) is 0 Å². The van der Waals surface area contributed by atoms with Crippen molar-refractivity contribution < 1.29 is 26.8 Å². The number of benzene rings is 2. The molecule has 2 aromatic rings. The molecule has 7 nitrogen and oxygen atoms in total. The van der Waals surface area contributed by atoms with Gasteiger partial charge in [0.2, 0.25) is 21.8 Å². The maximum atomic E-state index is 13.1. The van der Waals surface area contributed by atoms with Crippen LogP contribution in [-0.2, 0) is 19.6 Å². The van der Waals surface area contributed by atoms with Crippen LogP contribution in [0.25, 0.3) is 0 Å². The molecule has 10 heteroatoms. The van der Waals surface area contributed by atoms with E-state index in [-0.39, 0.29) is 16.5 Å². The zero-order chi connectivity index (χ0) is 19.8. The van der Waals surface area contributed by atoms with E-state index in [0.29, 0.717) is 11.3 Å². The molecule has 1 aliphatic rings. The molecule has 142 valence electrons. The third-order valence-corrected chi connectivity index (χ3v) is 5.48. The van der Waals surface area contributed by atoms with Gasteiger partial charge in [-0.3, -0.25) is 9.59 Å². The molecular weight excluding hydrogens is 380 g/mol. The summed E-state index contributed by atoms with van der Waals surface area (Å²) in [6, 6.07) is 6.94. The number of amides is 2. The first-order chi connectivity index (χ1) is 12.7. The van der Waals surface area contributed by atoms with Gasteiger partial charge in [0.1, 0.15) is 0 Å². The van der Waals surface area contributed by atoms with Gasteiger partial charge in [-0.15, -0.1) is 0 Å². The summed E-state index contributed by atoms with van der Waals surface area (Å²) in [5.41, 5.74) is 1.09. The lowest BCUT2D eigenvalue weighted by molar-refractivity contribution is -0.117. The van der Waals surface area contributed by atoms with Crippen molar-refractivity contribution in [2.24, 2.45) is 0 Å². The molecule has 1 atom stereocenters. The molecule has 2 aromatic carbocycles. The van der Waals surface area contributed by atoms with Gasteiger partial charge in [0.25, 0.3) is 0 Å². The zero-order valence-electron chi connectivity index (χ0n) is 14.0. The van der Waals surface area contributed by atoms with Gasteiger partial charge < -0.3 is 10.6 Å². The summed E-state index contributed by atoms with van der Waals surface area (Å²) in [5, 5.41) is 4.90. The number of rotatable bonds is 5. The Morgan fingerprint density at radius 2 is 1.89 bits per heavy atom. The molecule has 0 unspecified atom stereocenters. The Morgan fingerprint density at radius 3 is 2.59 bits per heavy atom. The number of fused-ring (bicyclic) bond motifs is 1. The van der Waals surface area contributed by atoms with Crippen molar-refractivity contribution in [3.63, 3.8) is 0 Å². The summed E-state index contributed by atoms with van der Waals surface area (Å²) in [6.45, 7) is 1.05. The molecule has 0 saturated carbocycles. The molecule has 0 saturated heterocycles. The quantitative estimate of drug-likeness (QED) is 0.720. The van der Waals surface area contributed by atoms with Crippen LogP contribution in [0.15, 0.2) is 41.3 Å². The minimum atomic E-state index is -4.01. The monoisotopic (exact) mass is 395 g/mol. The van der Waals surface area contributed by atoms with Crippen molar-refractivity contribution in [1.29, 1.82) is 0 Å². The molecule has 1 aliphatic heterocycles. The minimum Gasteiger partial charge on any atom is -0.325 e. The molecule has 0 fully saturated rings. The Labute approximate surface area is 153 Å². The second kappa shape index (κ2) is 7.05. The van der Waals surface area contributed by atoms with Crippen molar-refractivity contribution in [3.05, 3.63) is 53.6 Å². The molecule has 27 heavy (non-hydrogen) atoms. The highest BCUT2D eigenvalue weighted by Gasteiger charge is 2.28. The number of hydrogen-bond donors (Lipinski definition) is 3. The normalized spacial score (nSPS) is 16.0. The molecule has 2 amide bonds.